The number of rotatable bonds is 1. The van der Waals surface area contributed by atoms with E-state index in [1.165, 1.54) is 0 Å². The second kappa shape index (κ2) is 5.76. The molecule has 0 bridgehead atoms. The predicted molar refractivity (Wildman–Crippen MR) is 19.6 cm³/mol. The minimum Gasteiger partial charge on any atom is -0.668 e. The third kappa shape index (κ3) is 8.83. The average molecular weight is 231 g/mol. The summed E-state index contributed by atoms with van der Waals surface area (Å²) in [6.45, 7) is 1.66. The molecule has 0 aliphatic heterocycles. The Bertz CT molecular complexity index is 46.1. The van der Waals surface area contributed by atoms with Crippen molar-refractivity contribution in [3.63, 3.8) is 0 Å². The van der Waals surface area contributed by atoms with Crippen molar-refractivity contribution in [2.45, 2.75) is 13.3 Å². The van der Waals surface area contributed by atoms with Gasteiger partial charge in [-0.05, 0) is 6.42 Å². The van der Waals surface area contributed by atoms with Crippen LogP contribution < -0.4 is 0 Å². The summed E-state index contributed by atoms with van der Waals surface area (Å²) in [7, 11) is 0. The first-order valence-corrected chi connectivity index (χ1v) is 1.51. The second-order valence-electron chi connectivity index (χ2n) is 0.777. The monoisotopic (exact) mass is 231 g/mol. The van der Waals surface area contributed by atoms with Gasteiger partial charge in [-0.2, -0.15) is 0 Å². The van der Waals surface area contributed by atoms with Gasteiger partial charge in [-0.15, -0.1) is 0 Å². The van der Waals surface area contributed by atoms with Crippen molar-refractivity contribution in [2.75, 3.05) is 0 Å². The standard InChI is InChI=1S/C3H7NO.Tb/c1-2-3(4)5;/h2H2,1H3,(H2,4,5);/p-1. The van der Waals surface area contributed by atoms with Crippen LogP contribution in [-0.2, 0) is 4.79 Å². The molecular formula is C3H6NOTb-. The van der Waals surface area contributed by atoms with E-state index in [1.54, 1.807) is 6.92 Å². The summed E-state index contributed by atoms with van der Waals surface area (Å²) < 4.78 is 0. The number of nitrogens with one attached hydrogen (secondary N) is 1. The van der Waals surface area contributed by atoms with Gasteiger partial charge in [0.2, 0.25) is 0 Å². The minimum absolute atomic E-state index is 0. The van der Waals surface area contributed by atoms with Crippen molar-refractivity contribution in [3.05, 3.63) is 5.73 Å². The molecule has 2 nitrogen and oxygen atoms in total. The summed E-state index contributed by atoms with van der Waals surface area (Å²) in [6, 6.07) is 0. The van der Waals surface area contributed by atoms with E-state index in [4.69, 9.17) is 5.73 Å². The zero-order valence-electron chi connectivity index (χ0n) is 3.45. The van der Waals surface area contributed by atoms with Crippen LogP contribution in [0.2, 0.25) is 0 Å². The number of carbonyl (C=O) groups excluding carboxylic acids is 1. The van der Waals surface area contributed by atoms with Crippen molar-refractivity contribution in [1.29, 1.82) is 0 Å². The number of hydrogen-bond acceptors (Lipinski definition) is 1. The number of carbonyl (C=O) groups is 1. The van der Waals surface area contributed by atoms with Gasteiger partial charge in [0.25, 0.3) is 0 Å². The molecule has 0 aromatic heterocycles. The van der Waals surface area contributed by atoms with E-state index in [2.05, 4.69) is 0 Å². The van der Waals surface area contributed by atoms with Crippen LogP contribution in [-0.4, -0.2) is 5.91 Å². The quantitative estimate of drug-likeness (QED) is 0.662. The smallest absolute Gasteiger partial charge is 0.0484 e. The van der Waals surface area contributed by atoms with Gasteiger partial charge in [-0.25, -0.2) is 0 Å². The van der Waals surface area contributed by atoms with E-state index in [-0.39, 0.29) is 38.6 Å². The minimum atomic E-state index is -0.495. The summed E-state index contributed by atoms with van der Waals surface area (Å²) in [5.41, 5.74) is 6.19. The van der Waals surface area contributed by atoms with Gasteiger partial charge in [0.15, 0.2) is 0 Å². The number of hydrogen-bond donors (Lipinski definition) is 0. The summed E-state index contributed by atoms with van der Waals surface area (Å²) in [6.07, 6.45) is 0.333. The third-order valence-electron chi connectivity index (χ3n) is 0.321. The average Bonchev–Trinajstić information content (AvgIpc) is 1.38. The molecule has 1 N–H and O–H groups in total. The van der Waals surface area contributed by atoms with Gasteiger partial charge < -0.3 is 10.5 Å². The maximum absolute atomic E-state index is 9.48. The molecule has 0 aliphatic rings. The Hall–Kier alpha value is 0.756. The molecule has 0 heterocycles. The molecule has 0 aromatic rings. The molecule has 1 radical (unpaired) electrons. The van der Waals surface area contributed by atoms with Crippen LogP contribution in [0.5, 0.6) is 0 Å². The molecule has 39 valence electrons. The fourth-order valence-corrected chi connectivity index (χ4v) is 0. The van der Waals surface area contributed by atoms with E-state index >= 15 is 0 Å². The summed E-state index contributed by atoms with van der Waals surface area (Å²) in [5.74, 6) is -0.495. The Morgan fingerprint density at radius 2 is 2.00 bits per heavy atom. The zero-order chi connectivity index (χ0) is 4.28. The Balaban J connectivity index is 0. The Labute approximate surface area is 67.9 Å². The van der Waals surface area contributed by atoms with Crippen molar-refractivity contribution in [1.82, 2.24) is 0 Å². The fourth-order valence-electron chi connectivity index (χ4n) is 0. The second-order valence-corrected chi connectivity index (χ2v) is 0.777. The Kier molecular flexibility index (Phi) is 9.49. The first-order valence-electron chi connectivity index (χ1n) is 1.51. The molecule has 0 saturated carbocycles. The first kappa shape index (κ1) is 9.90. The maximum Gasteiger partial charge on any atom is 0.0484 e. The Morgan fingerprint density at radius 3 is 2.00 bits per heavy atom. The number of amides is 1. The summed E-state index contributed by atoms with van der Waals surface area (Å²) >= 11 is 0. The van der Waals surface area contributed by atoms with Crippen LogP contribution in [0.3, 0.4) is 0 Å². The van der Waals surface area contributed by atoms with Gasteiger partial charge in [0, 0.05) is 44.5 Å². The molecule has 0 aromatic carbocycles. The van der Waals surface area contributed by atoms with Crippen LogP contribution >= 0.6 is 0 Å². The van der Waals surface area contributed by atoms with Crippen molar-refractivity contribution in [2.24, 2.45) is 0 Å². The van der Waals surface area contributed by atoms with Crippen LogP contribution in [0.4, 0.5) is 0 Å². The van der Waals surface area contributed by atoms with Gasteiger partial charge in [-0.1, -0.05) is 6.92 Å². The molecule has 0 unspecified atom stereocenters. The summed E-state index contributed by atoms with van der Waals surface area (Å²) in [5, 5.41) is 0. The van der Waals surface area contributed by atoms with Crippen LogP contribution in [0.1, 0.15) is 13.3 Å². The summed E-state index contributed by atoms with van der Waals surface area (Å²) in [4.78, 5) is 9.48. The maximum atomic E-state index is 9.48. The molecule has 1 amide bonds. The third-order valence-corrected chi connectivity index (χ3v) is 0.321. The van der Waals surface area contributed by atoms with Crippen molar-refractivity contribution < 1.29 is 43.4 Å². The van der Waals surface area contributed by atoms with Gasteiger partial charge in [-0.3, -0.25) is 0 Å². The molecule has 3 heteroatoms. The van der Waals surface area contributed by atoms with Gasteiger partial charge in [0.1, 0.15) is 0 Å². The SMILES string of the molecule is CCC([NH-])=O.[Tb]. The topological polar surface area (TPSA) is 40.9 Å². The van der Waals surface area contributed by atoms with E-state index < -0.39 is 5.91 Å². The molecular weight excluding hydrogens is 225 g/mol. The largest absolute Gasteiger partial charge is 0.668 e. The zero-order valence-corrected chi connectivity index (χ0v) is 5.59. The molecule has 0 saturated heterocycles. The van der Waals surface area contributed by atoms with Crippen molar-refractivity contribution in [3.8, 4) is 0 Å². The predicted octanol–water partition coefficient (Wildman–Crippen LogP) is 0.975. The molecule has 0 rings (SSSR count). The molecule has 0 atom stereocenters. The van der Waals surface area contributed by atoms with E-state index in [9.17, 15) is 4.79 Å². The first-order chi connectivity index (χ1) is 2.27. The van der Waals surface area contributed by atoms with Crippen LogP contribution in [0.25, 0.3) is 5.73 Å². The van der Waals surface area contributed by atoms with E-state index in [0.717, 1.165) is 0 Å². The van der Waals surface area contributed by atoms with Crippen LogP contribution in [0.15, 0.2) is 0 Å². The fraction of sp³-hybridized carbons (Fsp3) is 0.667. The molecule has 0 aliphatic carbocycles. The van der Waals surface area contributed by atoms with Crippen molar-refractivity contribution >= 4 is 5.91 Å². The Morgan fingerprint density at radius 1 is 1.83 bits per heavy atom. The molecule has 6 heavy (non-hydrogen) atoms. The van der Waals surface area contributed by atoms with E-state index in [0.29, 0.717) is 6.42 Å². The van der Waals surface area contributed by atoms with Crippen LogP contribution in [0, 0.1) is 38.6 Å². The van der Waals surface area contributed by atoms with Gasteiger partial charge >= 0.3 is 0 Å². The normalized spacial score (nSPS) is 6.17. The van der Waals surface area contributed by atoms with Gasteiger partial charge in [0.05, 0.1) is 0 Å². The molecule has 0 fully saturated rings. The molecule has 0 spiro atoms. The van der Waals surface area contributed by atoms with E-state index in [1.807, 2.05) is 0 Å².